The van der Waals surface area contributed by atoms with Crippen molar-refractivity contribution in [3.05, 3.63) is 34.9 Å². The van der Waals surface area contributed by atoms with Crippen LogP contribution in [0, 0.1) is 0 Å². The number of aromatic nitrogens is 2. The smallest absolute Gasteiger partial charge is 0.412 e. The number of carbonyl (C=O) groups excluding carboxylic acids is 1. The minimum Gasteiger partial charge on any atom is -0.449 e. The fourth-order valence-corrected chi connectivity index (χ4v) is 2.21. The third-order valence-corrected chi connectivity index (χ3v) is 3.58. The Bertz CT molecular complexity index is 659. The molecule has 9 heteroatoms. The van der Waals surface area contributed by atoms with Crippen LogP contribution in [0.4, 0.5) is 10.6 Å². The highest BCUT2D eigenvalue weighted by molar-refractivity contribution is 5.83. The minimum absolute atomic E-state index is 0.0422. The molecule has 24 heavy (non-hydrogen) atoms. The number of hydrogen-bond acceptors (Lipinski definition) is 7. The summed E-state index contributed by atoms with van der Waals surface area (Å²) >= 11 is 0. The number of rotatable bonds is 6. The van der Waals surface area contributed by atoms with Gasteiger partial charge in [-0.2, -0.15) is 4.98 Å². The number of aliphatic hydroxyl groups is 2. The van der Waals surface area contributed by atoms with Gasteiger partial charge in [-0.05, 0) is 12.5 Å². The Labute approximate surface area is 138 Å². The van der Waals surface area contributed by atoms with E-state index in [4.69, 9.17) is 14.6 Å². The number of unbranched alkanes of at least 4 members (excludes halogenated alkanes) is 1. The molecule has 3 N–H and O–H groups in total. The van der Waals surface area contributed by atoms with E-state index >= 15 is 0 Å². The van der Waals surface area contributed by atoms with Crippen LogP contribution in [-0.4, -0.2) is 51.3 Å². The van der Waals surface area contributed by atoms with E-state index in [1.807, 2.05) is 6.92 Å². The van der Waals surface area contributed by atoms with Crippen LogP contribution in [0.1, 0.15) is 26.0 Å². The maximum atomic E-state index is 12.1. The summed E-state index contributed by atoms with van der Waals surface area (Å²) in [4.78, 5) is 27.4. The first-order valence-corrected chi connectivity index (χ1v) is 7.64. The van der Waals surface area contributed by atoms with E-state index in [2.05, 4.69) is 16.9 Å². The molecule has 132 valence electrons. The molecule has 0 bridgehead atoms. The molecule has 0 unspecified atom stereocenters. The zero-order valence-corrected chi connectivity index (χ0v) is 13.3. The van der Waals surface area contributed by atoms with E-state index in [1.165, 1.54) is 12.3 Å². The van der Waals surface area contributed by atoms with Gasteiger partial charge in [-0.1, -0.05) is 19.9 Å². The van der Waals surface area contributed by atoms with Crippen LogP contribution in [0.15, 0.2) is 29.2 Å². The predicted octanol–water partition coefficient (Wildman–Crippen LogP) is 0.399. The number of hydrogen-bond donors (Lipinski definition) is 3. The summed E-state index contributed by atoms with van der Waals surface area (Å²) in [7, 11) is 0. The zero-order chi connectivity index (χ0) is 17.7. The van der Waals surface area contributed by atoms with Gasteiger partial charge in [0, 0.05) is 11.8 Å². The summed E-state index contributed by atoms with van der Waals surface area (Å²) in [5.74, 6) is 0.0422. The largest absolute Gasteiger partial charge is 0.449 e. The molecule has 9 nitrogen and oxygen atoms in total. The van der Waals surface area contributed by atoms with Gasteiger partial charge in [-0.3, -0.25) is 9.88 Å². The van der Waals surface area contributed by atoms with Crippen molar-refractivity contribution < 1.29 is 24.5 Å². The number of carbonyl (C=O) groups is 1. The summed E-state index contributed by atoms with van der Waals surface area (Å²) < 4.78 is 11.4. The molecule has 1 aromatic rings. The van der Waals surface area contributed by atoms with Crippen LogP contribution in [0.5, 0.6) is 0 Å². The molecule has 0 saturated carbocycles. The highest BCUT2D eigenvalue weighted by Gasteiger charge is 2.38. The third-order valence-electron chi connectivity index (χ3n) is 3.58. The summed E-state index contributed by atoms with van der Waals surface area (Å²) in [5.41, 5.74) is -0.448. The summed E-state index contributed by atoms with van der Waals surface area (Å²) in [6.45, 7) is 5.54. The molecule has 0 aliphatic carbocycles. The molecule has 0 radical (unpaired) electrons. The maximum Gasteiger partial charge on any atom is 0.412 e. The fraction of sp³-hybridized carbons (Fsp3) is 0.533. The Hall–Kier alpha value is -2.23. The van der Waals surface area contributed by atoms with Gasteiger partial charge in [0.25, 0.3) is 0 Å². The second-order valence-electron chi connectivity index (χ2n) is 5.35. The number of anilines is 1. The van der Waals surface area contributed by atoms with E-state index in [0.717, 1.165) is 17.4 Å². The molecule has 3 atom stereocenters. The van der Waals surface area contributed by atoms with Crippen molar-refractivity contribution in [1.29, 1.82) is 0 Å². The second kappa shape index (κ2) is 8.04. The summed E-state index contributed by atoms with van der Waals surface area (Å²) in [6.07, 6.45) is -0.530. The molecule has 1 fully saturated rings. The second-order valence-corrected chi connectivity index (χ2v) is 5.35. The summed E-state index contributed by atoms with van der Waals surface area (Å²) in [5, 5.41) is 21.4. The topological polar surface area (TPSA) is 123 Å². The predicted molar refractivity (Wildman–Crippen MR) is 84.5 cm³/mol. The third kappa shape index (κ3) is 3.99. The van der Waals surface area contributed by atoms with Gasteiger partial charge in [0.15, 0.2) is 6.23 Å². The van der Waals surface area contributed by atoms with Crippen molar-refractivity contribution in [2.24, 2.45) is 0 Å². The Morgan fingerprint density at radius 2 is 2.33 bits per heavy atom. The number of amides is 1. The van der Waals surface area contributed by atoms with Gasteiger partial charge in [-0.15, -0.1) is 0 Å². The Balaban J connectivity index is 2.06. The number of nitrogens with one attached hydrogen (secondary N) is 1. The van der Waals surface area contributed by atoms with Crippen LogP contribution in [0.3, 0.4) is 0 Å². The normalized spacial score (nSPS) is 23.3. The number of nitrogens with zero attached hydrogens (tertiary/aromatic N) is 2. The van der Waals surface area contributed by atoms with Crippen LogP contribution >= 0.6 is 0 Å². The molecular formula is C15H21N3O6. The highest BCUT2D eigenvalue weighted by Crippen LogP contribution is 2.31. The van der Waals surface area contributed by atoms with Crippen LogP contribution in [0.2, 0.25) is 0 Å². The number of aliphatic hydroxyl groups excluding tert-OH is 2. The first kappa shape index (κ1) is 18.1. The Kier molecular flexibility index (Phi) is 6.07. The first-order chi connectivity index (χ1) is 11.5. The molecular weight excluding hydrogens is 318 g/mol. The van der Waals surface area contributed by atoms with E-state index in [1.54, 1.807) is 0 Å². The zero-order valence-electron chi connectivity index (χ0n) is 13.3. The van der Waals surface area contributed by atoms with Crippen LogP contribution < -0.4 is 11.0 Å². The average Bonchev–Trinajstić information content (AvgIpc) is 2.83. The lowest BCUT2D eigenvalue weighted by atomic mass is 10.1. The SMILES string of the molecule is C=C1[C@H](n2ccc(NC(=O)OCCCC)nc2=O)O[C@H](CO)[C@H]1O. The molecule has 2 heterocycles. The lowest BCUT2D eigenvalue weighted by molar-refractivity contribution is -0.0447. The van der Waals surface area contributed by atoms with Gasteiger partial charge < -0.3 is 19.7 Å². The van der Waals surface area contributed by atoms with E-state index in [9.17, 15) is 14.7 Å². The van der Waals surface area contributed by atoms with Crippen molar-refractivity contribution in [2.75, 3.05) is 18.5 Å². The Morgan fingerprint density at radius 1 is 1.58 bits per heavy atom. The fourth-order valence-electron chi connectivity index (χ4n) is 2.21. The van der Waals surface area contributed by atoms with Crippen molar-refractivity contribution in [3.63, 3.8) is 0 Å². The van der Waals surface area contributed by atoms with Gasteiger partial charge in [-0.25, -0.2) is 9.59 Å². The highest BCUT2D eigenvalue weighted by atomic mass is 16.6. The minimum atomic E-state index is -1.07. The average molecular weight is 339 g/mol. The van der Waals surface area contributed by atoms with Crippen LogP contribution in [-0.2, 0) is 9.47 Å². The van der Waals surface area contributed by atoms with Gasteiger partial charge in [0.2, 0.25) is 0 Å². The van der Waals surface area contributed by atoms with Gasteiger partial charge in [0.1, 0.15) is 18.0 Å². The Morgan fingerprint density at radius 3 is 2.92 bits per heavy atom. The standard InChI is InChI=1S/C15H21N3O6/c1-3-4-7-23-15(22)17-11-5-6-18(14(21)16-11)13-9(2)12(20)10(8-19)24-13/h5-6,10,12-13,19-20H,2-4,7-8H2,1H3,(H,16,17,21,22)/t10-,12+,13-/m1/s1. The van der Waals surface area contributed by atoms with E-state index in [-0.39, 0.29) is 18.0 Å². The van der Waals surface area contributed by atoms with Crippen molar-refractivity contribution in [2.45, 2.75) is 38.2 Å². The lowest BCUT2D eigenvalue weighted by Gasteiger charge is -2.15. The monoisotopic (exact) mass is 339 g/mol. The van der Waals surface area contributed by atoms with Crippen LogP contribution in [0.25, 0.3) is 0 Å². The number of ether oxygens (including phenoxy) is 2. The van der Waals surface area contributed by atoms with E-state index < -0.39 is 36.8 Å². The van der Waals surface area contributed by atoms with Crippen molar-refractivity contribution >= 4 is 11.9 Å². The summed E-state index contributed by atoms with van der Waals surface area (Å²) in [6, 6.07) is 1.40. The quantitative estimate of drug-likeness (QED) is 0.506. The van der Waals surface area contributed by atoms with Crippen molar-refractivity contribution in [1.82, 2.24) is 9.55 Å². The van der Waals surface area contributed by atoms with E-state index in [0.29, 0.717) is 0 Å². The first-order valence-electron chi connectivity index (χ1n) is 7.64. The van der Waals surface area contributed by atoms with Crippen molar-refractivity contribution in [3.8, 4) is 0 Å². The molecule has 2 rings (SSSR count). The molecule has 0 spiro atoms. The molecule has 0 aromatic carbocycles. The molecule has 1 amide bonds. The molecule has 1 aromatic heterocycles. The maximum absolute atomic E-state index is 12.1. The van der Waals surface area contributed by atoms with Gasteiger partial charge in [0.05, 0.1) is 13.2 Å². The molecule has 1 saturated heterocycles. The molecule has 1 aliphatic rings. The lowest BCUT2D eigenvalue weighted by Crippen LogP contribution is -2.29. The van der Waals surface area contributed by atoms with Gasteiger partial charge >= 0.3 is 11.8 Å². The molecule has 1 aliphatic heterocycles.